The van der Waals surface area contributed by atoms with Gasteiger partial charge in [0.1, 0.15) is 6.17 Å². The second kappa shape index (κ2) is 3.63. The molecule has 3 heterocycles. The minimum absolute atomic E-state index is 0.404. The summed E-state index contributed by atoms with van der Waals surface area (Å²) in [6.45, 7) is 7.80. The molecule has 1 N–H and O–H groups in total. The summed E-state index contributed by atoms with van der Waals surface area (Å²) in [6.07, 6.45) is 2.28. The van der Waals surface area contributed by atoms with Crippen LogP contribution in [-0.4, -0.2) is 41.7 Å². The first-order chi connectivity index (χ1) is 7.75. The van der Waals surface area contributed by atoms with Crippen molar-refractivity contribution in [1.82, 2.24) is 9.88 Å². The van der Waals surface area contributed by atoms with Crippen molar-refractivity contribution >= 4 is 11.5 Å². The zero-order chi connectivity index (χ0) is 11.1. The van der Waals surface area contributed by atoms with Crippen LogP contribution in [0.15, 0.2) is 18.3 Å². The molecule has 86 valence electrons. The van der Waals surface area contributed by atoms with E-state index in [1.807, 2.05) is 12.3 Å². The van der Waals surface area contributed by atoms with Gasteiger partial charge in [-0.3, -0.25) is 4.90 Å². The smallest absolute Gasteiger partial charge is 0.153 e. The third-order valence-electron chi connectivity index (χ3n) is 3.52. The van der Waals surface area contributed by atoms with Crippen LogP contribution in [0.5, 0.6) is 0 Å². The Kier molecular flexibility index (Phi) is 2.24. The Hall–Kier alpha value is -1.29. The number of nitrogens with zero attached hydrogens (tertiary/aromatic N) is 3. The summed E-state index contributed by atoms with van der Waals surface area (Å²) in [4.78, 5) is 9.36. The maximum absolute atomic E-state index is 4.46. The Balaban J connectivity index is 1.82. The van der Waals surface area contributed by atoms with Crippen LogP contribution < -0.4 is 10.2 Å². The van der Waals surface area contributed by atoms with Gasteiger partial charge in [-0.1, -0.05) is 0 Å². The van der Waals surface area contributed by atoms with Gasteiger partial charge in [-0.15, -0.1) is 0 Å². The van der Waals surface area contributed by atoms with E-state index in [-0.39, 0.29) is 0 Å². The number of hydrogen-bond donors (Lipinski definition) is 1. The highest BCUT2D eigenvalue weighted by Gasteiger charge is 2.34. The van der Waals surface area contributed by atoms with Gasteiger partial charge in [0, 0.05) is 31.9 Å². The topological polar surface area (TPSA) is 31.4 Å². The minimum atomic E-state index is 0.404. The van der Waals surface area contributed by atoms with Crippen molar-refractivity contribution in [2.45, 2.75) is 26.1 Å². The van der Waals surface area contributed by atoms with Gasteiger partial charge in [0.15, 0.2) is 5.82 Å². The predicted molar refractivity (Wildman–Crippen MR) is 65.7 cm³/mol. The second-order valence-corrected chi connectivity index (χ2v) is 4.82. The van der Waals surface area contributed by atoms with Crippen LogP contribution in [-0.2, 0) is 0 Å². The first-order valence-corrected chi connectivity index (χ1v) is 5.98. The van der Waals surface area contributed by atoms with Crippen molar-refractivity contribution in [2.75, 3.05) is 29.9 Å². The highest BCUT2D eigenvalue weighted by molar-refractivity contribution is 5.72. The van der Waals surface area contributed by atoms with Gasteiger partial charge in [-0.05, 0) is 26.0 Å². The van der Waals surface area contributed by atoms with Crippen LogP contribution in [0.4, 0.5) is 11.5 Å². The number of piperazine rings is 1. The Morgan fingerprint density at radius 2 is 2.31 bits per heavy atom. The first kappa shape index (κ1) is 9.90. The number of pyridine rings is 1. The fourth-order valence-electron chi connectivity index (χ4n) is 2.57. The van der Waals surface area contributed by atoms with Crippen LogP contribution in [0.25, 0.3) is 0 Å². The Bertz CT molecular complexity index is 390. The van der Waals surface area contributed by atoms with E-state index in [1.54, 1.807) is 0 Å². The highest BCUT2D eigenvalue weighted by atomic mass is 15.4. The molecule has 0 spiro atoms. The number of fused-ring (bicyclic) bond motifs is 3. The van der Waals surface area contributed by atoms with Crippen molar-refractivity contribution in [2.24, 2.45) is 0 Å². The highest BCUT2D eigenvalue weighted by Crippen LogP contribution is 2.33. The van der Waals surface area contributed by atoms with E-state index in [0.717, 1.165) is 25.5 Å². The molecule has 1 atom stereocenters. The van der Waals surface area contributed by atoms with Gasteiger partial charge in [0.2, 0.25) is 0 Å². The summed E-state index contributed by atoms with van der Waals surface area (Å²) in [5, 5.41) is 3.54. The van der Waals surface area contributed by atoms with E-state index in [4.69, 9.17) is 0 Å². The summed E-state index contributed by atoms with van der Waals surface area (Å²) in [5.74, 6) is 1.12. The minimum Gasteiger partial charge on any atom is -0.361 e. The Morgan fingerprint density at radius 1 is 1.44 bits per heavy atom. The number of anilines is 2. The van der Waals surface area contributed by atoms with Crippen molar-refractivity contribution < 1.29 is 0 Å². The molecular formula is C12H18N4. The lowest BCUT2D eigenvalue weighted by atomic mass is 10.2. The number of nitrogens with one attached hydrogen (secondary N) is 1. The Labute approximate surface area is 96.3 Å². The van der Waals surface area contributed by atoms with Gasteiger partial charge < -0.3 is 10.2 Å². The van der Waals surface area contributed by atoms with Gasteiger partial charge in [-0.25, -0.2) is 4.98 Å². The maximum atomic E-state index is 4.46. The van der Waals surface area contributed by atoms with E-state index in [0.29, 0.717) is 12.2 Å². The molecule has 2 aliphatic rings. The van der Waals surface area contributed by atoms with Crippen LogP contribution in [0.1, 0.15) is 13.8 Å². The van der Waals surface area contributed by atoms with E-state index in [9.17, 15) is 0 Å². The summed E-state index contributed by atoms with van der Waals surface area (Å²) < 4.78 is 0. The molecule has 0 radical (unpaired) electrons. The summed E-state index contributed by atoms with van der Waals surface area (Å²) in [6, 6.07) is 4.73. The first-order valence-electron chi connectivity index (χ1n) is 5.98. The van der Waals surface area contributed by atoms with Crippen LogP contribution >= 0.6 is 0 Å². The normalized spacial score (nSPS) is 24.2. The summed E-state index contributed by atoms with van der Waals surface area (Å²) in [7, 11) is 0. The molecule has 0 aromatic carbocycles. The predicted octanol–water partition coefficient (Wildman–Crippen LogP) is 1.36. The number of rotatable bonds is 1. The molecule has 1 fully saturated rings. The van der Waals surface area contributed by atoms with Crippen molar-refractivity contribution in [1.29, 1.82) is 0 Å². The molecule has 16 heavy (non-hydrogen) atoms. The average molecular weight is 218 g/mol. The fourth-order valence-corrected chi connectivity index (χ4v) is 2.57. The van der Waals surface area contributed by atoms with E-state index in [2.05, 4.69) is 40.0 Å². The van der Waals surface area contributed by atoms with E-state index < -0.39 is 0 Å². The molecule has 1 aromatic rings. The molecule has 0 aliphatic carbocycles. The van der Waals surface area contributed by atoms with Gasteiger partial charge in [0.25, 0.3) is 0 Å². The SMILES string of the molecule is CC(C)N1CCN2c3ncccc3N[C@@H]2C1. The lowest BCUT2D eigenvalue weighted by Gasteiger charge is -2.39. The van der Waals surface area contributed by atoms with Gasteiger partial charge in [0.05, 0.1) is 5.69 Å². The van der Waals surface area contributed by atoms with E-state index in [1.165, 1.54) is 5.69 Å². The molecule has 2 aliphatic heterocycles. The van der Waals surface area contributed by atoms with Crippen LogP contribution in [0.3, 0.4) is 0 Å². The Morgan fingerprint density at radius 3 is 3.12 bits per heavy atom. The molecule has 4 heteroatoms. The summed E-state index contributed by atoms with van der Waals surface area (Å²) in [5.41, 5.74) is 1.18. The molecule has 0 unspecified atom stereocenters. The largest absolute Gasteiger partial charge is 0.361 e. The molecule has 1 saturated heterocycles. The summed E-state index contributed by atoms with van der Waals surface area (Å²) >= 11 is 0. The average Bonchev–Trinajstić information content (AvgIpc) is 2.66. The third kappa shape index (κ3) is 1.45. The van der Waals surface area contributed by atoms with Gasteiger partial charge in [-0.2, -0.15) is 0 Å². The van der Waals surface area contributed by atoms with Crippen LogP contribution in [0, 0.1) is 0 Å². The lowest BCUT2D eigenvalue weighted by molar-refractivity contribution is 0.190. The van der Waals surface area contributed by atoms with Gasteiger partial charge >= 0.3 is 0 Å². The standard InChI is InChI=1S/C12H18N4/c1-9(2)15-6-7-16-11(8-15)14-10-4-3-5-13-12(10)16/h3-5,9,11,14H,6-8H2,1-2H3/t11-/m0/s1. The van der Waals surface area contributed by atoms with Crippen molar-refractivity contribution in [3.05, 3.63) is 18.3 Å². The third-order valence-corrected chi connectivity index (χ3v) is 3.52. The van der Waals surface area contributed by atoms with Crippen molar-refractivity contribution in [3.8, 4) is 0 Å². The lowest BCUT2D eigenvalue weighted by Crippen LogP contribution is -2.55. The molecule has 4 nitrogen and oxygen atoms in total. The number of aromatic nitrogens is 1. The van der Waals surface area contributed by atoms with Crippen LogP contribution in [0.2, 0.25) is 0 Å². The molecule has 1 aromatic heterocycles. The zero-order valence-corrected chi connectivity index (χ0v) is 9.85. The molecule has 0 bridgehead atoms. The molecular weight excluding hydrogens is 200 g/mol. The molecule has 3 rings (SSSR count). The zero-order valence-electron chi connectivity index (χ0n) is 9.85. The number of hydrogen-bond acceptors (Lipinski definition) is 4. The monoisotopic (exact) mass is 218 g/mol. The van der Waals surface area contributed by atoms with Crippen molar-refractivity contribution in [3.63, 3.8) is 0 Å². The van der Waals surface area contributed by atoms with E-state index >= 15 is 0 Å². The maximum Gasteiger partial charge on any atom is 0.153 e. The second-order valence-electron chi connectivity index (χ2n) is 4.82. The molecule has 0 amide bonds. The molecule has 0 saturated carbocycles. The fraction of sp³-hybridized carbons (Fsp3) is 0.583. The quantitative estimate of drug-likeness (QED) is 0.771.